The maximum atomic E-state index is 12.6. The van der Waals surface area contributed by atoms with E-state index in [0.29, 0.717) is 11.4 Å². The highest BCUT2D eigenvalue weighted by Crippen LogP contribution is 2.38. The number of ketones is 1. The number of fused-ring (bicyclic) bond motifs is 3. The summed E-state index contributed by atoms with van der Waals surface area (Å²) in [6.07, 6.45) is 4.53. The Bertz CT molecular complexity index is 966. The van der Waals surface area contributed by atoms with Gasteiger partial charge in [0.25, 0.3) is 0 Å². The maximum absolute atomic E-state index is 12.6. The van der Waals surface area contributed by atoms with Gasteiger partial charge in [-0.3, -0.25) is 9.36 Å². The number of carbonyl (C=O) groups excluding carboxylic acids is 1. The molecule has 0 saturated heterocycles. The van der Waals surface area contributed by atoms with E-state index < -0.39 is 0 Å². The lowest BCUT2D eigenvalue weighted by Crippen LogP contribution is -2.40. The average Bonchev–Trinajstić information content (AvgIpc) is 3.17. The zero-order valence-electron chi connectivity index (χ0n) is 15.7. The Labute approximate surface area is 158 Å². The largest absolute Gasteiger partial charge is 0.342 e. The van der Waals surface area contributed by atoms with Crippen LogP contribution in [0.15, 0.2) is 42.9 Å². The third-order valence-electron chi connectivity index (χ3n) is 4.87. The van der Waals surface area contributed by atoms with Crippen LogP contribution in [0.3, 0.4) is 0 Å². The molecule has 1 aromatic carbocycles. The number of hydrogen-bond donors (Lipinski definition) is 0. The van der Waals surface area contributed by atoms with Crippen molar-refractivity contribution in [2.75, 3.05) is 4.90 Å². The van der Waals surface area contributed by atoms with Gasteiger partial charge in [-0.1, -0.05) is 37.3 Å². The number of anilines is 1. The van der Waals surface area contributed by atoms with Gasteiger partial charge in [0.1, 0.15) is 17.8 Å². The predicted octanol–water partition coefficient (Wildman–Crippen LogP) is 3.16. The predicted molar refractivity (Wildman–Crippen MR) is 102 cm³/mol. The summed E-state index contributed by atoms with van der Waals surface area (Å²) in [5.41, 5.74) is 1.52. The van der Waals surface area contributed by atoms with E-state index in [2.05, 4.69) is 40.9 Å². The van der Waals surface area contributed by atoms with E-state index in [1.165, 1.54) is 0 Å². The molecule has 1 aliphatic rings. The van der Waals surface area contributed by atoms with E-state index in [4.69, 9.17) is 4.98 Å². The van der Waals surface area contributed by atoms with Crippen molar-refractivity contribution in [3.63, 3.8) is 0 Å². The minimum atomic E-state index is 0.0134. The van der Waals surface area contributed by atoms with Crippen molar-refractivity contribution in [1.82, 2.24) is 24.7 Å². The molecule has 3 aromatic rings. The molecule has 0 amide bonds. The minimum Gasteiger partial charge on any atom is -0.342 e. The van der Waals surface area contributed by atoms with Gasteiger partial charge < -0.3 is 4.90 Å². The molecule has 2 aromatic heterocycles. The SMILES string of the molecule is CCC1c2nncn2-c2cnc(CC(=O)c3ccccc3)nc2N1C(C)C. The first-order chi connectivity index (χ1) is 13.1. The van der Waals surface area contributed by atoms with E-state index in [1.54, 1.807) is 12.5 Å². The van der Waals surface area contributed by atoms with Crippen LogP contribution in [0.2, 0.25) is 0 Å². The maximum Gasteiger partial charge on any atom is 0.170 e. The Balaban J connectivity index is 1.74. The van der Waals surface area contributed by atoms with Crippen molar-refractivity contribution >= 4 is 11.6 Å². The van der Waals surface area contributed by atoms with E-state index in [0.717, 1.165) is 23.8 Å². The summed E-state index contributed by atoms with van der Waals surface area (Å²) < 4.78 is 1.95. The van der Waals surface area contributed by atoms with Crippen LogP contribution < -0.4 is 4.90 Å². The van der Waals surface area contributed by atoms with Crippen LogP contribution >= 0.6 is 0 Å². The zero-order chi connectivity index (χ0) is 19.0. The van der Waals surface area contributed by atoms with Gasteiger partial charge in [-0.2, -0.15) is 0 Å². The first-order valence-corrected chi connectivity index (χ1v) is 9.23. The third kappa shape index (κ3) is 2.99. The van der Waals surface area contributed by atoms with Gasteiger partial charge in [0.2, 0.25) is 0 Å². The molecule has 0 radical (unpaired) electrons. The lowest BCUT2D eigenvalue weighted by Gasteiger charge is -2.39. The molecule has 0 aliphatic carbocycles. The fourth-order valence-corrected chi connectivity index (χ4v) is 3.63. The molecule has 27 heavy (non-hydrogen) atoms. The Morgan fingerprint density at radius 2 is 2.00 bits per heavy atom. The van der Waals surface area contributed by atoms with Crippen molar-refractivity contribution in [2.24, 2.45) is 0 Å². The Morgan fingerprint density at radius 3 is 2.70 bits per heavy atom. The van der Waals surface area contributed by atoms with E-state index in [-0.39, 0.29) is 24.3 Å². The Hall–Kier alpha value is -3.09. The molecule has 0 bridgehead atoms. The summed E-state index contributed by atoms with van der Waals surface area (Å²) in [5, 5.41) is 8.39. The smallest absolute Gasteiger partial charge is 0.170 e. The Morgan fingerprint density at radius 1 is 1.22 bits per heavy atom. The van der Waals surface area contributed by atoms with E-state index in [9.17, 15) is 4.79 Å². The van der Waals surface area contributed by atoms with Crippen molar-refractivity contribution in [3.05, 3.63) is 60.1 Å². The van der Waals surface area contributed by atoms with Crippen molar-refractivity contribution in [3.8, 4) is 5.69 Å². The van der Waals surface area contributed by atoms with Gasteiger partial charge in [-0.25, -0.2) is 9.97 Å². The summed E-state index contributed by atoms with van der Waals surface area (Å²) in [7, 11) is 0. The molecule has 7 heteroatoms. The van der Waals surface area contributed by atoms with E-state index in [1.807, 2.05) is 34.9 Å². The fraction of sp³-hybridized carbons (Fsp3) is 0.350. The highest BCUT2D eigenvalue weighted by atomic mass is 16.1. The second-order valence-electron chi connectivity index (χ2n) is 6.95. The summed E-state index contributed by atoms with van der Waals surface area (Å²) in [5.74, 6) is 2.27. The normalized spacial score (nSPS) is 15.6. The second-order valence-corrected chi connectivity index (χ2v) is 6.95. The van der Waals surface area contributed by atoms with Crippen LogP contribution in [-0.2, 0) is 6.42 Å². The molecule has 1 aliphatic heterocycles. The molecule has 4 rings (SSSR count). The monoisotopic (exact) mass is 362 g/mol. The molecular formula is C20H22N6O. The van der Waals surface area contributed by atoms with Crippen LogP contribution in [0.4, 0.5) is 5.82 Å². The molecule has 7 nitrogen and oxygen atoms in total. The topological polar surface area (TPSA) is 76.8 Å². The first-order valence-electron chi connectivity index (χ1n) is 9.23. The van der Waals surface area contributed by atoms with Gasteiger partial charge in [-0.15, -0.1) is 10.2 Å². The van der Waals surface area contributed by atoms with Gasteiger partial charge in [-0.05, 0) is 20.3 Å². The summed E-state index contributed by atoms with van der Waals surface area (Å²) >= 11 is 0. The number of Topliss-reactive ketones (excluding diaryl/α,β-unsaturated/α-hetero) is 1. The summed E-state index contributed by atoms with van der Waals surface area (Å²) in [4.78, 5) is 24.0. The van der Waals surface area contributed by atoms with Crippen molar-refractivity contribution < 1.29 is 4.79 Å². The van der Waals surface area contributed by atoms with Crippen LogP contribution in [0.1, 0.15) is 55.2 Å². The third-order valence-corrected chi connectivity index (χ3v) is 4.87. The quantitative estimate of drug-likeness (QED) is 0.649. The highest BCUT2D eigenvalue weighted by molar-refractivity contribution is 5.97. The fourth-order valence-electron chi connectivity index (χ4n) is 3.63. The minimum absolute atomic E-state index is 0.0134. The molecule has 138 valence electrons. The molecule has 0 saturated carbocycles. The van der Waals surface area contributed by atoms with Gasteiger partial charge in [0.15, 0.2) is 17.4 Å². The molecule has 0 spiro atoms. The first kappa shape index (κ1) is 17.3. The molecule has 0 N–H and O–H groups in total. The number of rotatable bonds is 5. The average molecular weight is 362 g/mol. The molecule has 0 fully saturated rings. The molecule has 1 atom stereocenters. The number of nitrogens with zero attached hydrogens (tertiary/aromatic N) is 6. The van der Waals surface area contributed by atoms with Crippen LogP contribution in [0, 0.1) is 0 Å². The second kappa shape index (κ2) is 6.90. The summed E-state index contributed by atoms with van der Waals surface area (Å²) in [6, 6.07) is 9.57. The van der Waals surface area contributed by atoms with Gasteiger partial charge in [0.05, 0.1) is 18.7 Å². The molecule has 1 unspecified atom stereocenters. The van der Waals surface area contributed by atoms with Crippen LogP contribution in [0.5, 0.6) is 0 Å². The van der Waals surface area contributed by atoms with Crippen LogP contribution in [-0.4, -0.2) is 36.6 Å². The highest BCUT2D eigenvalue weighted by Gasteiger charge is 2.35. The number of carbonyl (C=O) groups is 1. The Kier molecular flexibility index (Phi) is 4.43. The lowest BCUT2D eigenvalue weighted by atomic mass is 10.1. The van der Waals surface area contributed by atoms with Crippen molar-refractivity contribution in [2.45, 2.75) is 45.7 Å². The van der Waals surface area contributed by atoms with Gasteiger partial charge >= 0.3 is 0 Å². The number of benzene rings is 1. The van der Waals surface area contributed by atoms with Gasteiger partial charge in [0, 0.05) is 11.6 Å². The van der Waals surface area contributed by atoms with Crippen molar-refractivity contribution in [1.29, 1.82) is 0 Å². The zero-order valence-corrected chi connectivity index (χ0v) is 15.7. The molecule has 3 heterocycles. The molecular weight excluding hydrogens is 340 g/mol. The number of hydrogen-bond acceptors (Lipinski definition) is 6. The number of aromatic nitrogens is 5. The van der Waals surface area contributed by atoms with E-state index >= 15 is 0 Å². The lowest BCUT2D eigenvalue weighted by molar-refractivity contribution is 0.0991. The summed E-state index contributed by atoms with van der Waals surface area (Å²) in [6.45, 7) is 6.40. The standard InChI is InChI=1S/C20H22N6O/c1-4-15-20-24-22-12-25(20)16-11-21-18(23-19(16)26(15)13(2)3)10-17(27)14-8-6-5-7-9-14/h5-9,11-13,15H,4,10H2,1-3H3. The van der Waals surface area contributed by atoms with Crippen LogP contribution in [0.25, 0.3) is 5.69 Å².